The number of alkyl halides is 3. The molecule has 37 heavy (non-hydrogen) atoms. The second kappa shape index (κ2) is 8.95. The predicted molar refractivity (Wildman–Crippen MR) is 132 cm³/mol. The molecule has 0 bridgehead atoms. The summed E-state index contributed by atoms with van der Waals surface area (Å²) in [5, 5.41) is 13.0. The summed E-state index contributed by atoms with van der Waals surface area (Å²) in [6.45, 7) is 2.22. The van der Waals surface area contributed by atoms with Gasteiger partial charge in [-0.25, -0.2) is 9.20 Å². The highest BCUT2D eigenvalue weighted by Gasteiger charge is 2.39. The van der Waals surface area contributed by atoms with Gasteiger partial charge in [0.15, 0.2) is 0 Å². The minimum atomic E-state index is -4.59. The molecule has 6 rings (SSSR count). The number of anilines is 2. The molecule has 12 heteroatoms. The Labute approximate surface area is 210 Å². The van der Waals surface area contributed by atoms with E-state index in [0.717, 1.165) is 32.6 Å². The summed E-state index contributed by atoms with van der Waals surface area (Å²) in [4.78, 5) is 7.88. The number of pyridine rings is 1. The van der Waals surface area contributed by atoms with E-state index in [2.05, 4.69) is 25.2 Å². The van der Waals surface area contributed by atoms with Crippen molar-refractivity contribution in [2.24, 2.45) is 7.05 Å². The van der Waals surface area contributed by atoms with Gasteiger partial charge in [-0.1, -0.05) is 36.4 Å². The molecule has 5 aromatic rings. The number of nitrogens with zero attached hydrogens (tertiary/aromatic N) is 9. The van der Waals surface area contributed by atoms with E-state index < -0.39 is 12.0 Å². The molecule has 1 aromatic carbocycles. The van der Waals surface area contributed by atoms with Gasteiger partial charge in [-0.2, -0.15) is 28.4 Å². The van der Waals surface area contributed by atoms with Crippen molar-refractivity contribution < 1.29 is 13.2 Å². The number of benzene rings is 1. The largest absolute Gasteiger partial charge is 0.451 e. The SMILES string of the molecule is Cn1cc(-c2ccc3c(N4CCN(c5nc(C(F)(F)F)n(Cc6ccccc6)n5)CC4)cnn3c2)cn1. The van der Waals surface area contributed by atoms with Crippen LogP contribution in [-0.2, 0) is 19.8 Å². The number of piperazine rings is 1. The van der Waals surface area contributed by atoms with Gasteiger partial charge in [-0.3, -0.25) is 4.68 Å². The van der Waals surface area contributed by atoms with E-state index in [1.54, 1.807) is 33.8 Å². The summed E-state index contributed by atoms with van der Waals surface area (Å²) < 4.78 is 45.6. The Bertz CT molecular complexity index is 1530. The third kappa shape index (κ3) is 4.50. The Hall–Kier alpha value is -4.35. The van der Waals surface area contributed by atoms with Gasteiger partial charge >= 0.3 is 6.18 Å². The number of fused-ring (bicyclic) bond motifs is 1. The number of hydrogen-bond acceptors (Lipinski definition) is 6. The van der Waals surface area contributed by atoms with Crippen molar-refractivity contribution in [3.8, 4) is 11.1 Å². The molecule has 0 atom stereocenters. The summed E-state index contributed by atoms with van der Waals surface area (Å²) >= 11 is 0. The maximum Gasteiger partial charge on any atom is 0.451 e. The molecule has 0 radical (unpaired) electrons. The van der Waals surface area contributed by atoms with E-state index >= 15 is 0 Å². The van der Waals surface area contributed by atoms with Gasteiger partial charge in [0.1, 0.15) is 0 Å². The zero-order chi connectivity index (χ0) is 25.6. The van der Waals surface area contributed by atoms with E-state index in [1.165, 1.54) is 0 Å². The molecule has 0 unspecified atom stereocenters. The first-order valence-electron chi connectivity index (χ1n) is 11.9. The number of aromatic nitrogens is 7. The van der Waals surface area contributed by atoms with Crippen molar-refractivity contribution in [1.29, 1.82) is 0 Å². The molecular weight excluding hydrogens is 483 g/mol. The number of aryl methyl sites for hydroxylation is 1. The van der Waals surface area contributed by atoms with Gasteiger partial charge in [-0.05, 0) is 11.6 Å². The zero-order valence-electron chi connectivity index (χ0n) is 20.0. The Morgan fingerprint density at radius 2 is 1.59 bits per heavy atom. The van der Waals surface area contributed by atoms with Crippen molar-refractivity contribution in [3.63, 3.8) is 0 Å². The molecule has 1 fully saturated rings. The Balaban J connectivity index is 1.19. The van der Waals surface area contributed by atoms with Gasteiger partial charge in [0, 0.05) is 56.7 Å². The van der Waals surface area contributed by atoms with E-state index in [4.69, 9.17) is 0 Å². The average Bonchev–Trinajstić information content (AvgIpc) is 3.62. The third-order valence-corrected chi connectivity index (χ3v) is 6.53. The van der Waals surface area contributed by atoms with Gasteiger partial charge in [-0.15, -0.1) is 5.10 Å². The summed E-state index contributed by atoms with van der Waals surface area (Å²) in [6, 6.07) is 13.0. The lowest BCUT2D eigenvalue weighted by atomic mass is 10.1. The minimum Gasteiger partial charge on any atom is -0.365 e. The quantitative estimate of drug-likeness (QED) is 0.361. The second-order valence-corrected chi connectivity index (χ2v) is 9.03. The monoisotopic (exact) mass is 507 g/mol. The van der Waals surface area contributed by atoms with E-state index in [1.807, 2.05) is 54.5 Å². The molecule has 0 aliphatic carbocycles. The second-order valence-electron chi connectivity index (χ2n) is 9.03. The fraction of sp³-hybridized carbons (Fsp3) is 0.280. The van der Waals surface area contributed by atoms with E-state index in [0.29, 0.717) is 26.2 Å². The van der Waals surface area contributed by atoms with Crippen LogP contribution in [0.1, 0.15) is 11.4 Å². The molecular formula is C25H24F3N9. The Morgan fingerprint density at radius 1 is 0.838 bits per heavy atom. The van der Waals surface area contributed by atoms with Crippen LogP contribution in [0.4, 0.5) is 24.8 Å². The lowest BCUT2D eigenvalue weighted by Crippen LogP contribution is -2.47. The van der Waals surface area contributed by atoms with E-state index in [9.17, 15) is 13.2 Å². The first kappa shape index (κ1) is 23.1. The highest BCUT2D eigenvalue weighted by atomic mass is 19.4. The van der Waals surface area contributed by atoms with Crippen molar-refractivity contribution >= 4 is 17.2 Å². The topological polar surface area (TPSA) is 72.3 Å². The molecule has 0 spiro atoms. The molecule has 1 aliphatic rings. The normalized spacial score (nSPS) is 14.6. The minimum absolute atomic E-state index is 0.00603. The maximum absolute atomic E-state index is 13.7. The van der Waals surface area contributed by atoms with Crippen LogP contribution in [-0.4, -0.2) is 60.3 Å². The molecule has 4 aromatic heterocycles. The summed E-state index contributed by atoms with van der Waals surface area (Å²) in [5.41, 5.74) is 4.70. The molecule has 5 heterocycles. The highest BCUT2D eigenvalue weighted by molar-refractivity contribution is 5.75. The summed E-state index contributed by atoms with van der Waals surface area (Å²) in [5.74, 6) is -0.885. The van der Waals surface area contributed by atoms with Crippen LogP contribution in [0.25, 0.3) is 16.6 Å². The zero-order valence-corrected chi connectivity index (χ0v) is 20.0. The van der Waals surface area contributed by atoms with Crippen LogP contribution >= 0.6 is 0 Å². The Kier molecular flexibility index (Phi) is 5.58. The molecule has 1 saturated heterocycles. The van der Waals surface area contributed by atoms with Gasteiger partial charge in [0.2, 0.25) is 11.8 Å². The predicted octanol–water partition coefficient (Wildman–Crippen LogP) is 3.72. The molecule has 190 valence electrons. The first-order valence-corrected chi connectivity index (χ1v) is 11.9. The number of halogens is 3. The van der Waals surface area contributed by atoms with Gasteiger partial charge in [0.05, 0.1) is 30.1 Å². The van der Waals surface area contributed by atoms with Crippen molar-refractivity contribution in [2.75, 3.05) is 36.0 Å². The molecule has 1 aliphatic heterocycles. The van der Waals surface area contributed by atoms with Crippen molar-refractivity contribution in [2.45, 2.75) is 12.7 Å². The fourth-order valence-corrected chi connectivity index (χ4v) is 4.64. The fourth-order valence-electron chi connectivity index (χ4n) is 4.64. The standard InChI is InChI=1S/C25H24F3N9/c1-33-16-20(13-29-33)19-7-8-21-22(14-30-36(21)17-19)34-9-11-35(12-10-34)24-31-23(25(26,27)28)37(32-24)15-18-5-3-2-4-6-18/h2-8,13-14,16-17H,9-12,15H2,1H3. The lowest BCUT2D eigenvalue weighted by molar-refractivity contribution is -0.147. The Morgan fingerprint density at radius 3 is 2.30 bits per heavy atom. The van der Waals surface area contributed by atoms with Crippen LogP contribution in [0.3, 0.4) is 0 Å². The van der Waals surface area contributed by atoms with Crippen LogP contribution in [0, 0.1) is 0 Å². The van der Waals surface area contributed by atoms with Crippen LogP contribution < -0.4 is 9.80 Å². The lowest BCUT2D eigenvalue weighted by Gasteiger charge is -2.35. The average molecular weight is 508 g/mol. The van der Waals surface area contributed by atoms with Gasteiger partial charge < -0.3 is 9.80 Å². The molecule has 0 amide bonds. The smallest absolute Gasteiger partial charge is 0.365 e. The molecule has 0 saturated carbocycles. The summed E-state index contributed by atoms with van der Waals surface area (Å²) in [7, 11) is 1.88. The molecule has 9 nitrogen and oxygen atoms in total. The van der Waals surface area contributed by atoms with Crippen LogP contribution in [0.15, 0.2) is 67.3 Å². The highest BCUT2D eigenvalue weighted by Crippen LogP contribution is 2.31. The number of hydrogen-bond donors (Lipinski definition) is 0. The number of rotatable bonds is 5. The maximum atomic E-state index is 13.7. The molecule has 0 N–H and O–H groups in total. The third-order valence-electron chi connectivity index (χ3n) is 6.53. The van der Waals surface area contributed by atoms with Crippen LogP contribution in [0.5, 0.6) is 0 Å². The van der Waals surface area contributed by atoms with Crippen molar-refractivity contribution in [3.05, 3.63) is 78.6 Å². The van der Waals surface area contributed by atoms with Crippen molar-refractivity contribution in [1.82, 2.24) is 34.2 Å². The van der Waals surface area contributed by atoms with Crippen LogP contribution in [0.2, 0.25) is 0 Å². The van der Waals surface area contributed by atoms with E-state index in [-0.39, 0.29) is 12.5 Å². The summed E-state index contributed by atoms with van der Waals surface area (Å²) in [6.07, 6.45) is 2.96. The first-order chi connectivity index (χ1) is 17.8. The van der Waals surface area contributed by atoms with Gasteiger partial charge in [0.25, 0.3) is 0 Å².